The lowest BCUT2D eigenvalue weighted by molar-refractivity contribution is -0.145. The zero-order chi connectivity index (χ0) is 13.1. The van der Waals surface area contributed by atoms with Gasteiger partial charge in [0.15, 0.2) is 0 Å². The smallest absolute Gasteiger partial charge is 0.324 e. The van der Waals surface area contributed by atoms with Gasteiger partial charge in [0.1, 0.15) is 5.54 Å². The molecule has 0 aromatic carbocycles. The first kappa shape index (κ1) is 14.4. The highest BCUT2D eigenvalue weighted by Gasteiger charge is 2.36. The van der Waals surface area contributed by atoms with E-state index < -0.39 is 11.5 Å². The summed E-state index contributed by atoms with van der Waals surface area (Å²) >= 11 is 0. The maximum Gasteiger partial charge on any atom is 0.324 e. The van der Waals surface area contributed by atoms with Gasteiger partial charge >= 0.3 is 5.97 Å². The number of carboxylic acids is 1. The molecule has 5 nitrogen and oxygen atoms in total. The Morgan fingerprint density at radius 1 is 1.65 bits per heavy atom. The first-order valence-corrected chi connectivity index (χ1v) is 6.14. The van der Waals surface area contributed by atoms with Crippen molar-refractivity contribution in [2.75, 3.05) is 26.8 Å². The lowest BCUT2D eigenvalue weighted by atomic mass is 9.99. The van der Waals surface area contributed by atoms with Crippen LogP contribution in [-0.2, 0) is 9.53 Å². The van der Waals surface area contributed by atoms with Crippen molar-refractivity contribution in [3.8, 4) is 0 Å². The minimum atomic E-state index is -0.911. The van der Waals surface area contributed by atoms with Crippen molar-refractivity contribution in [1.29, 1.82) is 0 Å². The van der Waals surface area contributed by atoms with E-state index in [1.807, 2.05) is 20.9 Å². The Labute approximate surface area is 103 Å². The van der Waals surface area contributed by atoms with Crippen molar-refractivity contribution in [2.24, 2.45) is 0 Å². The van der Waals surface area contributed by atoms with Crippen LogP contribution in [0.1, 0.15) is 27.2 Å². The molecule has 1 fully saturated rings. The van der Waals surface area contributed by atoms with Gasteiger partial charge < -0.3 is 9.84 Å². The predicted molar refractivity (Wildman–Crippen MR) is 66.2 cm³/mol. The molecule has 5 heteroatoms. The van der Waals surface area contributed by atoms with Crippen LogP contribution in [0, 0.1) is 0 Å². The third kappa shape index (κ3) is 3.94. The first-order chi connectivity index (χ1) is 7.85. The summed E-state index contributed by atoms with van der Waals surface area (Å²) in [7, 11) is 1.96. The fourth-order valence-corrected chi connectivity index (χ4v) is 2.31. The number of nitrogens with one attached hydrogen (secondary N) is 1. The van der Waals surface area contributed by atoms with E-state index in [9.17, 15) is 9.90 Å². The number of hydrogen-bond acceptors (Lipinski definition) is 4. The summed E-state index contributed by atoms with van der Waals surface area (Å²) in [6, 6.07) is 0.479. The zero-order valence-electron chi connectivity index (χ0n) is 11.2. The summed E-state index contributed by atoms with van der Waals surface area (Å²) < 4.78 is 5.32. The molecule has 1 saturated heterocycles. The molecule has 1 aliphatic rings. The second kappa shape index (κ2) is 5.80. The Bertz CT molecular complexity index is 264. The van der Waals surface area contributed by atoms with Crippen LogP contribution in [-0.4, -0.2) is 60.4 Å². The molecular formula is C12H24N2O3. The Hall–Kier alpha value is -0.650. The molecule has 100 valence electrons. The third-order valence-corrected chi connectivity index (χ3v) is 3.17. The number of carboxylic acid groups (broad SMARTS) is 1. The average Bonchev–Trinajstić information content (AvgIpc) is 2.68. The number of likely N-dealkylation sites (N-methyl/N-ethyl adjacent to an activating group) is 1. The Kier molecular flexibility index (Phi) is 4.91. The van der Waals surface area contributed by atoms with Crippen LogP contribution in [0.3, 0.4) is 0 Å². The number of aliphatic carboxylic acids is 1. The summed E-state index contributed by atoms with van der Waals surface area (Å²) in [5.41, 5.74) is -0.911. The molecule has 1 rings (SSSR count). The molecule has 2 N–H and O–H groups in total. The normalized spacial score (nSPS) is 24.2. The number of rotatable bonds is 6. The molecule has 0 bridgehead atoms. The van der Waals surface area contributed by atoms with E-state index in [0.29, 0.717) is 19.2 Å². The highest BCUT2D eigenvalue weighted by molar-refractivity contribution is 5.78. The fourth-order valence-electron chi connectivity index (χ4n) is 2.31. The number of hydrogen-bond donors (Lipinski definition) is 2. The van der Waals surface area contributed by atoms with Crippen LogP contribution in [0.5, 0.6) is 0 Å². The molecule has 17 heavy (non-hydrogen) atoms. The SMILES string of the molecule is CC(C)NC(C)(CN(C)C1CCOC1)C(=O)O. The van der Waals surface area contributed by atoms with Gasteiger partial charge in [-0.05, 0) is 34.2 Å². The monoisotopic (exact) mass is 244 g/mol. The molecule has 1 aliphatic heterocycles. The minimum Gasteiger partial charge on any atom is -0.480 e. The molecule has 0 aromatic rings. The molecule has 0 amide bonds. The Balaban J connectivity index is 2.61. The molecule has 0 saturated carbocycles. The van der Waals surface area contributed by atoms with Gasteiger partial charge in [-0.1, -0.05) is 0 Å². The van der Waals surface area contributed by atoms with E-state index in [0.717, 1.165) is 13.0 Å². The van der Waals surface area contributed by atoms with Crippen molar-refractivity contribution in [3.05, 3.63) is 0 Å². The molecule has 0 radical (unpaired) electrons. The summed E-state index contributed by atoms with van der Waals surface area (Å²) in [5.74, 6) is -0.808. The third-order valence-electron chi connectivity index (χ3n) is 3.17. The standard InChI is InChI=1S/C12H24N2O3/c1-9(2)13-12(3,11(15)16)8-14(4)10-5-6-17-7-10/h9-10,13H,5-8H2,1-4H3,(H,15,16). The van der Waals surface area contributed by atoms with Gasteiger partial charge in [-0.15, -0.1) is 0 Å². The van der Waals surface area contributed by atoms with Gasteiger partial charge in [-0.2, -0.15) is 0 Å². The van der Waals surface area contributed by atoms with E-state index in [2.05, 4.69) is 10.2 Å². The quantitative estimate of drug-likeness (QED) is 0.714. The minimum absolute atomic E-state index is 0.143. The van der Waals surface area contributed by atoms with Crippen LogP contribution in [0.4, 0.5) is 0 Å². The second-order valence-corrected chi connectivity index (χ2v) is 5.37. The van der Waals surface area contributed by atoms with E-state index in [-0.39, 0.29) is 6.04 Å². The van der Waals surface area contributed by atoms with Crippen LogP contribution >= 0.6 is 0 Å². The maximum absolute atomic E-state index is 11.4. The zero-order valence-corrected chi connectivity index (χ0v) is 11.2. The van der Waals surface area contributed by atoms with Crippen LogP contribution in [0.2, 0.25) is 0 Å². The Morgan fingerprint density at radius 2 is 2.29 bits per heavy atom. The summed E-state index contributed by atoms with van der Waals surface area (Å²) in [5, 5.41) is 12.5. The number of nitrogens with zero attached hydrogens (tertiary/aromatic N) is 1. The van der Waals surface area contributed by atoms with Crippen molar-refractivity contribution in [1.82, 2.24) is 10.2 Å². The fraction of sp³-hybridized carbons (Fsp3) is 0.917. The summed E-state index contributed by atoms with van der Waals surface area (Å²) in [6.07, 6.45) is 0.980. The van der Waals surface area contributed by atoms with E-state index in [1.165, 1.54) is 0 Å². The van der Waals surface area contributed by atoms with Crippen molar-refractivity contribution in [2.45, 2.75) is 44.8 Å². The van der Waals surface area contributed by atoms with Crippen LogP contribution in [0.15, 0.2) is 0 Å². The topological polar surface area (TPSA) is 61.8 Å². The first-order valence-electron chi connectivity index (χ1n) is 6.14. The lowest BCUT2D eigenvalue weighted by Crippen LogP contribution is -2.59. The molecule has 1 heterocycles. The molecular weight excluding hydrogens is 220 g/mol. The second-order valence-electron chi connectivity index (χ2n) is 5.37. The van der Waals surface area contributed by atoms with Gasteiger partial charge in [0.2, 0.25) is 0 Å². The van der Waals surface area contributed by atoms with Gasteiger partial charge in [0, 0.05) is 25.2 Å². The van der Waals surface area contributed by atoms with Gasteiger partial charge in [-0.25, -0.2) is 0 Å². The van der Waals surface area contributed by atoms with Crippen LogP contribution < -0.4 is 5.32 Å². The van der Waals surface area contributed by atoms with E-state index in [1.54, 1.807) is 6.92 Å². The highest BCUT2D eigenvalue weighted by atomic mass is 16.5. The summed E-state index contributed by atoms with van der Waals surface area (Å²) in [6.45, 7) is 7.61. The molecule has 2 atom stereocenters. The number of ether oxygens (including phenoxy) is 1. The lowest BCUT2D eigenvalue weighted by Gasteiger charge is -2.35. The van der Waals surface area contributed by atoms with Gasteiger partial charge in [-0.3, -0.25) is 15.0 Å². The molecule has 0 aliphatic carbocycles. The predicted octanol–water partition coefficient (Wildman–Crippen LogP) is 0.548. The van der Waals surface area contributed by atoms with Crippen molar-refractivity contribution < 1.29 is 14.6 Å². The van der Waals surface area contributed by atoms with Gasteiger partial charge in [0.25, 0.3) is 0 Å². The molecule has 0 spiro atoms. The summed E-state index contributed by atoms with van der Waals surface area (Å²) in [4.78, 5) is 13.5. The van der Waals surface area contributed by atoms with Crippen molar-refractivity contribution >= 4 is 5.97 Å². The van der Waals surface area contributed by atoms with E-state index >= 15 is 0 Å². The van der Waals surface area contributed by atoms with E-state index in [4.69, 9.17) is 4.74 Å². The Morgan fingerprint density at radius 3 is 2.71 bits per heavy atom. The molecule has 0 aromatic heterocycles. The maximum atomic E-state index is 11.4. The molecule has 2 unspecified atom stereocenters. The average molecular weight is 244 g/mol. The van der Waals surface area contributed by atoms with Crippen molar-refractivity contribution in [3.63, 3.8) is 0 Å². The van der Waals surface area contributed by atoms with Crippen LogP contribution in [0.25, 0.3) is 0 Å². The van der Waals surface area contributed by atoms with Gasteiger partial charge in [0.05, 0.1) is 6.61 Å². The number of carbonyl (C=O) groups is 1. The highest BCUT2D eigenvalue weighted by Crippen LogP contribution is 2.15. The largest absolute Gasteiger partial charge is 0.480 e.